The average molecular weight is 160 g/mol. The van der Waals surface area contributed by atoms with E-state index in [0.717, 1.165) is 37.4 Å². The quantitative estimate of drug-likeness (QED) is 0.488. The molecular formula is C7H12O2S. The van der Waals surface area contributed by atoms with Crippen LogP contribution in [0.5, 0.6) is 0 Å². The number of hydrogen-bond donors (Lipinski definition) is 0. The number of ether oxygens (including phenoxy) is 1. The van der Waals surface area contributed by atoms with Crippen LogP contribution in [-0.4, -0.2) is 28.3 Å². The third-order valence-corrected chi connectivity index (χ3v) is 3.90. The average Bonchev–Trinajstić information content (AvgIpc) is 2.46. The van der Waals surface area contributed by atoms with Gasteiger partial charge in [0.2, 0.25) is 0 Å². The largest absolute Gasteiger partial charge is 0.616 e. The molecule has 2 unspecified atom stereocenters. The molecule has 58 valence electrons. The van der Waals surface area contributed by atoms with E-state index in [0.29, 0.717) is 0 Å². The second kappa shape index (κ2) is 2.40. The molecule has 0 radical (unpaired) electrons. The van der Waals surface area contributed by atoms with Crippen molar-refractivity contribution in [2.24, 2.45) is 0 Å². The topological polar surface area (TPSA) is 32.3 Å². The maximum atomic E-state index is 11.0. The second-order valence-electron chi connectivity index (χ2n) is 3.17. The molecule has 2 atom stereocenters. The van der Waals surface area contributed by atoms with Crippen molar-refractivity contribution >= 4 is 11.2 Å². The molecule has 2 nitrogen and oxygen atoms in total. The maximum Gasteiger partial charge on any atom is 0.134 e. The fourth-order valence-electron chi connectivity index (χ4n) is 1.80. The highest BCUT2D eigenvalue weighted by Gasteiger charge is 2.45. The highest BCUT2D eigenvalue weighted by atomic mass is 32.2. The molecule has 0 bridgehead atoms. The Hall–Kier alpha value is 0.270. The Morgan fingerprint density at radius 2 is 2.30 bits per heavy atom. The minimum atomic E-state index is -0.577. The van der Waals surface area contributed by atoms with Gasteiger partial charge in [-0.3, -0.25) is 0 Å². The van der Waals surface area contributed by atoms with E-state index in [1.165, 1.54) is 0 Å². The SMILES string of the molecule is [O-][S+]1CCC2(CCCO2)C1. The molecule has 10 heavy (non-hydrogen) atoms. The summed E-state index contributed by atoms with van der Waals surface area (Å²) in [5.41, 5.74) is 0.0604. The van der Waals surface area contributed by atoms with E-state index in [1.54, 1.807) is 0 Å². The molecule has 0 aliphatic carbocycles. The lowest BCUT2D eigenvalue weighted by Crippen LogP contribution is -2.28. The molecule has 0 amide bonds. The van der Waals surface area contributed by atoms with Crippen molar-refractivity contribution in [1.29, 1.82) is 0 Å². The van der Waals surface area contributed by atoms with Crippen LogP contribution in [0.1, 0.15) is 19.3 Å². The third kappa shape index (κ3) is 1.06. The van der Waals surface area contributed by atoms with E-state index in [2.05, 4.69) is 0 Å². The Labute approximate surface area is 64.1 Å². The van der Waals surface area contributed by atoms with Crippen LogP contribution in [0.15, 0.2) is 0 Å². The lowest BCUT2D eigenvalue weighted by molar-refractivity contribution is 0.0267. The van der Waals surface area contributed by atoms with E-state index in [9.17, 15) is 4.55 Å². The van der Waals surface area contributed by atoms with Gasteiger partial charge >= 0.3 is 0 Å². The van der Waals surface area contributed by atoms with Crippen molar-refractivity contribution in [3.63, 3.8) is 0 Å². The predicted molar refractivity (Wildman–Crippen MR) is 40.4 cm³/mol. The molecule has 2 aliphatic heterocycles. The summed E-state index contributed by atoms with van der Waals surface area (Å²) in [5.74, 6) is 1.66. The van der Waals surface area contributed by atoms with Gasteiger partial charge in [-0.2, -0.15) is 0 Å². The molecule has 0 N–H and O–H groups in total. The van der Waals surface area contributed by atoms with Gasteiger partial charge in [-0.05, 0) is 12.8 Å². The fraction of sp³-hybridized carbons (Fsp3) is 1.00. The fourth-order valence-corrected chi connectivity index (χ4v) is 3.51. The van der Waals surface area contributed by atoms with Gasteiger partial charge in [0, 0.05) is 13.0 Å². The highest BCUT2D eigenvalue weighted by molar-refractivity contribution is 7.91. The van der Waals surface area contributed by atoms with Crippen LogP contribution < -0.4 is 0 Å². The first-order valence-electron chi connectivity index (χ1n) is 3.80. The van der Waals surface area contributed by atoms with Gasteiger partial charge in [-0.25, -0.2) is 0 Å². The molecule has 0 aromatic rings. The van der Waals surface area contributed by atoms with Crippen LogP contribution in [0.3, 0.4) is 0 Å². The van der Waals surface area contributed by atoms with E-state index in [4.69, 9.17) is 4.74 Å². The molecule has 2 aliphatic rings. The van der Waals surface area contributed by atoms with Gasteiger partial charge in [0.05, 0.1) is 0 Å². The van der Waals surface area contributed by atoms with Crippen molar-refractivity contribution in [2.45, 2.75) is 24.9 Å². The minimum absolute atomic E-state index is 0.0604. The van der Waals surface area contributed by atoms with Gasteiger partial charge < -0.3 is 9.29 Å². The van der Waals surface area contributed by atoms with Crippen molar-refractivity contribution in [3.8, 4) is 0 Å². The zero-order valence-corrected chi connectivity index (χ0v) is 6.78. The first-order chi connectivity index (χ1) is 4.81. The Bertz CT molecular complexity index is 132. The zero-order chi connectivity index (χ0) is 7.03. The van der Waals surface area contributed by atoms with E-state index in [1.807, 2.05) is 0 Å². The van der Waals surface area contributed by atoms with Crippen LogP contribution in [0.25, 0.3) is 0 Å². The summed E-state index contributed by atoms with van der Waals surface area (Å²) in [7, 11) is 0. The van der Waals surface area contributed by atoms with Crippen LogP contribution in [0, 0.1) is 0 Å². The van der Waals surface area contributed by atoms with Gasteiger partial charge in [0.1, 0.15) is 17.1 Å². The Morgan fingerprint density at radius 3 is 2.80 bits per heavy atom. The molecule has 2 rings (SSSR count). The van der Waals surface area contributed by atoms with Crippen LogP contribution in [0.2, 0.25) is 0 Å². The Morgan fingerprint density at radius 1 is 1.40 bits per heavy atom. The second-order valence-corrected chi connectivity index (χ2v) is 4.75. The molecule has 2 saturated heterocycles. The van der Waals surface area contributed by atoms with E-state index in [-0.39, 0.29) is 5.60 Å². The van der Waals surface area contributed by atoms with Gasteiger partial charge in [-0.1, -0.05) is 11.2 Å². The van der Waals surface area contributed by atoms with Crippen LogP contribution in [-0.2, 0) is 15.9 Å². The van der Waals surface area contributed by atoms with Crippen LogP contribution in [0.4, 0.5) is 0 Å². The Balaban J connectivity index is 2.03. The minimum Gasteiger partial charge on any atom is -0.616 e. The van der Waals surface area contributed by atoms with Gasteiger partial charge in [0.25, 0.3) is 0 Å². The first kappa shape index (κ1) is 6.95. The summed E-state index contributed by atoms with van der Waals surface area (Å²) >= 11 is -0.577. The summed E-state index contributed by atoms with van der Waals surface area (Å²) in [6.45, 7) is 0.886. The summed E-state index contributed by atoms with van der Waals surface area (Å²) in [4.78, 5) is 0. The normalized spacial score (nSPS) is 47.1. The predicted octanol–water partition coefficient (Wildman–Crippen LogP) is 0.688. The summed E-state index contributed by atoms with van der Waals surface area (Å²) < 4.78 is 16.6. The van der Waals surface area contributed by atoms with Crippen LogP contribution >= 0.6 is 0 Å². The standard InChI is InChI=1S/C7H12O2S/c8-10-5-3-7(6-10)2-1-4-9-7/h1-6H2. The lowest BCUT2D eigenvalue weighted by Gasteiger charge is -2.17. The summed E-state index contributed by atoms with van der Waals surface area (Å²) in [6.07, 6.45) is 3.33. The third-order valence-electron chi connectivity index (χ3n) is 2.39. The van der Waals surface area contributed by atoms with Crippen molar-refractivity contribution in [3.05, 3.63) is 0 Å². The summed E-state index contributed by atoms with van der Waals surface area (Å²) in [5, 5.41) is 0. The number of rotatable bonds is 0. The molecule has 2 fully saturated rings. The molecule has 0 aromatic carbocycles. The lowest BCUT2D eigenvalue weighted by atomic mass is 10.0. The Kier molecular flexibility index (Phi) is 1.66. The molecular weight excluding hydrogens is 148 g/mol. The monoisotopic (exact) mass is 160 g/mol. The van der Waals surface area contributed by atoms with Crippen molar-refractivity contribution in [1.82, 2.24) is 0 Å². The molecule has 0 saturated carbocycles. The molecule has 1 spiro atoms. The highest BCUT2D eigenvalue weighted by Crippen LogP contribution is 2.35. The van der Waals surface area contributed by atoms with E-state index < -0.39 is 11.2 Å². The van der Waals surface area contributed by atoms with Gasteiger partial charge in [0.15, 0.2) is 0 Å². The van der Waals surface area contributed by atoms with E-state index >= 15 is 0 Å². The zero-order valence-electron chi connectivity index (χ0n) is 5.97. The van der Waals surface area contributed by atoms with Crippen molar-refractivity contribution in [2.75, 3.05) is 18.1 Å². The number of hydrogen-bond acceptors (Lipinski definition) is 2. The summed E-state index contributed by atoms with van der Waals surface area (Å²) in [6, 6.07) is 0. The molecule has 3 heteroatoms. The molecule has 0 aromatic heterocycles. The maximum absolute atomic E-state index is 11.0. The van der Waals surface area contributed by atoms with Crippen molar-refractivity contribution < 1.29 is 9.29 Å². The van der Waals surface area contributed by atoms with Gasteiger partial charge in [-0.15, -0.1) is 0 Å². The first-order valence-corrected chi connectivity index (χ1v) is 5.29. The smallest absolute Gasteiger partial charge is 0.134 e. The molecule has 2 heterocycles.